The fourth-order valence-corrected chi connectivity index (χ4v) is 6.25. The lowest BCUT2D eigenvalue weighted by Gasteiger charge is -2.44. The molecule has 2 N–H and O–H groups in total. The van der Waals surface area contributed by atoms with E-state index in [1.807, 2.05) is 12.1 Å². The molecule has 1 fully saturated rings. The number of fused-ring (bicyclic) bond motifs is 3. The Morgan fingerprint density at radius 3 is 2.50 bits per heavy atom. The molecule has 206 valence electrons. The Kier molecular flexibility index (Phi) is 7.20. The van der Waals surface area contributed by atoms with Crippen molar-refractivity contribution in [2.45, 2.75) is 51.6 Å². The van der Waals surface area contributed by atoms with Gasteiger partial charge in [0.2, 0.25) is 5.91 Å². The number of amides is 2. The van der Waals surface area contributed by atoms with E-state index in [9.17, 15) is 9.59 Å². The van der Waals surface area contributed by atoms with Crippen molar-refractivity contribution in [3.8, 4) is 11.1 Å². The Hall–Kier alpha value is -3.90. The van der Waals surface area contributed by atoms with E-state index in [4.69, 9.17) is 4.74 Å². The first-order valence-corrected chi connectivity index (χ1v) is 14.4. The molecular formula is C34H37N3O3. The maximum Gasteiger partial charge on any atom is 0.412 e. The number of anilines is 1. The third-order valence-corrected chi connectivity index (χ3v) is 8.61. The molecule has 2 heterocycles. The van der Waals surface area contributed by atoms with Crippen LogP contribution in [0, 0.1) is 13.8 Å². The first-order chi connectivity index (χ1) is 19.4. The minimum atomic E-state index is -0.570. The summed E-state index contributed by atoms with van der Waals surface area (Å²) >= 11 is 0. The second-order valence-electron chi connectivity index (χ2n) is 11.5. The Labute approximate surface area is 236 Å². The minimum Gasteiger partial charge on any atom is -0.438 e. The summed E-state index contributed by atoms with van der Waals surface area (Å²) in [6.45, 7) is 7.16. The van der Waals surface area contributed by atoms with Gasteiger partial charge in [0.1, 0.15) is 5.60 Å². The number of hydrogen-bond acceptors (Lipinski definition) is 4. The van der Waals surface area contributed by atoms with Crippen molar-refractivity contribution < 1.29 is 14.3 Å². The van der Waals surface area contributed by atoms with Gasteiger partial charge in [-0.15, -0.1) is 0 Å². The third kappa shape index (κ3) is 5.41. The van der Waals surface area contributed by atoms with Crippen LogP contribution in [-0.2, 0) is 21.6 Å². The lowest BCUT2D eigenvalue weighted by atomic mass is 9.81. The SMILES string of the molecule is Cc1ccc(-c2ccc3c(c2)C=C(C(=O)NCCN2CCC4(CC2)OC(=O)Nc2ccc(C)cc24)CCC3)cc1. The summed E-state index contributed by atoms with van der Waals surface area (Å²) in [4.78, 5) is 27.8. The largest absolute Gasteiger partial charge is 0.438 e. The maximum atomic E-state index is 13.2. The molecule has 0 unspecified atom stereocenters. The molecule has 6 rings (SSSR count). The summed E-state index contributed by atoms with van der Waals surface area (Å²) in [7, 11) is 0. The van der Waals surface area contributed by atoms with Gasteiger partial charge in [-0.05, 0) is 79.6 Å². The molecule has 2 amide bonds. The number of hydrogen-bond donors (Lipinski definition) is 2. The molecule has 1 aliphatic carbocycles. The highest BCUT2D eigenvalue weighted by Gasteiger charge is 2.44. The summed E-state index contributed by atoms with van der Waals surface area (Å²) in [6.07, 6.45) is 5.94. The van der Waals surface area contributed by atoms with Gasteiger partial charge in [-0.25, -0.2) is 4.79 Å². The van der Waals surface area contributed by atoms with Crippen LogP contribution in [0.3, 0.4) is 0 Å². The van der Waals surface area contributed by atoms with Crippen molar-refractivity contribution in [1.82, 2.24) is 10.2 Å². The average Bonchev–Trinajstić information content (AvgIpc) is 3.17. The average molecular weight is 536 g/mol. The minimum absolute atomic E-state index is 0.0266. The summed E-state index contributed by atoms with van der Waals surface area (Å²) in [6, 6.07) is 21.3. The van der Waals surface area contributed by atoms with Gasteiger partial charge in [-0.1, -0.05) is 53.6 Å². The van der Waals surface area contributed by atoms with Gasteiger partial charge in [-0.3, -0.25) is 10.1 Å². The van der Waals surface area contributed by atoms with Gasteiger partial charge < -0.3 is 15.0 Å². The number of nitrogens with zero attached hydrogens (tertiary/aromatic N) is 1. The van der Waals surface area contributed by atoms with E-state index < -0.39 is 5.60 Å². The highest BCUT2D eigenvalue weighted by molar-refractivity contribution is 5.98. The number of rotatable bonds is 5. The smallest absolute Gasteiger partial charge is 0.412 e. The fourth-order valence-electron chi connectivity index (χ4n) is 6.25. The quantitative estimate of drug-likeness (QED) is 0.399. The number of carbonyl (C=O) groups excluding carboxylic acids is 2. The third-order valence-electron chi connectivity index (χ3n) is 8.61. The Morgan fingerprint density at radius 2 is 1.70 bits per heavy atom. The predicted octanol–water partition coefficient (Wildman–Crippen LogP) is 6.36. The molecule has 0 saturated carbocycles. The topological polar surface area (TPSA) is 70.7 Å². The Morgan fingerprint density at radius 1 is 0.950 bits per heavy atom. The van der Waals surface area contributed by atoms with Crippen LogP contribution in [0.1, 0.15) is 53.5 Å². The van der Waals surface area contributed by atoms with Crippen LogP contribution in [0.15, 0.2) is 66.2 Å². The van der Waals surface area contributed by atoms with Crippen LogP contribution >= 0.6 is 0 Å². The van der Waals surface area contributed by atoms with E-state index >= 15 is 0 Å². The number of piperidine rings is 1. The van der Waals surface area contributed by atoms with Gasteiger partial charge in [0.25, 0.3) is 0 Å². The van der Waals surface area contributed by atoms with Crippen molar-refractivity contribution in [3.63, 3.8) is 0 Å². The molecule has 2 aliphatic heterocycles. The number of likely N-dealkylation sites (tertiary alicyclic amines) is 1. The fraction of sp³-hybridized carbons (Fsp3) is 0.353. The molecule has 40 heavy (non-hydrogen) atoms. The molecule has 1 spiro atoms. The van der Waals surface area contributed by atoms with E-state index in [1.54, 1.807) is 0 Å². The first-order valence-electron chi connectivity index (χ1n) is 14.4. The zero-order valence-corrected chi connectivity index (χ0v) is 23.4. The predicted molar refractivity (Wildman–Crippen MR) is 159 cm³/mol. The van der Waals surface area contributed by atoms with Gasteiger partial charge >= 0.3 is 6.09 Å². The lowest BCUT2D eigenvalue weighted by molar-refractivity contribution is -0.117. The molecular weight excluding hydrogens is 498 g/mol. The number of aryl methyl sites for hydroxylation is 3. The molecule has 0 atom stereocenters. The van der Waals surface area contributed by atoms with Crippen LogP contribution in [0.5, 0.6) is 0 Å². The molecule has 3 aromatic rings. The van der Waals surface area contributed by atoms with Crippen molar-refractivity contribution in [2.24, 2.45) is 0 Å². The lowest BCUT2D eigenvalue weighted by Crippen LogP contribution is -2.49. The van der Waals surface area contributed by atoms with Crippen LogP contribution in [0.4, 0.5) is 10.5 Å². The Balaban J connectivity index is 1.07. The van der Waals surface area contributed by atoms with E-state index in [0.717, 1.165) is 79.7 Å². The van der Waals surface area contributed by atoms with Crippen molar-refractivity contribution in [2.75, 3.05) is 31.5 Å². The van der Waals surface area contributed by atoms with Gasteiger partial charge in [0.15, 0.2) is 0 Å². The highest BCUT2D eigenvalue weighted by Crippen LogP contribution is 2.43. The number of benzene rings is 3. The molecule has 0 radical (unpaired) electrons. The Bertz CT molecular complexity index is 1470. The number of ether oxygens (including phenoxy) is 1. The second-order valence-corrected chi connectivity index (χ2v) is 11.5. The molecule has 0 aromatic heterocycles. The molecule has 1 saturated heterocycles. The van der Waals surface area contributed by atoms with E-state index in [1.165, 1.54) is 22.3 Å². The molecule has 6 heteroatoms. The van der Waals surface area contributed by atoms with Crippen LogP contribution in [0.2, 0.25) is 0 Å². The molecule has 3 aromatic carbocycles. The van der Waals surface area contributed by atoms with E-state index in [2.05, 4.69) is 84.0 Å². The van der Waals surface area contributed by atoms with Crippen LogP contribution < -0.4 is 10.6 Å². The molecule has 0 bridgehead atoms. The van der Waals surface area contributed by atoms with Crippen LogP contribution in [-0.4, -0.2) is 43.1 Å². The second kappa shape index (κ2) is 10.9. The maximum absolute atomic E-state index is 13.2. The van der Waals surface area contributed by atoms with Gasteiger partial charge in [0.05, 0.1) is 5.69 Å². The number of nitrogens with one attached hydrogen (secondary N) is 2. The van der Waals surface area contributed by atoms with Crippen molar-refractivity contribution in [1.29, 1.82) is 0 Å². The van der Waals surface area contributed by atoms with E-state index in [-0.39, 0.29) is 12.0 Å². The van der Waals surface area contributed by atoms with Crippen molar-refractivity contribution in [3.05, 3.63) is 94.1 Å². The first kappa shape index (κ1) is 26.3. The summed E-state index contributed by atoms with van der Waals surface area (Å²) in [5, 5.41) is 6.01. The summed E-state index contributed by atoms with van der Waals surface area (Å²) < 4.78 is 5.90. The van der Waals surface area contributed by atoms with Gasteiger partial charge in [0, 0.05) is 50.2 Å². The monoisotopic (exact) mass is 535 g/mol. The van der Waals surface area contributed by atoms with Crippen molar-refractivity contribution >= 4 is 23.8 Å². The normalized spacial score (nSPS) is 18.1. The summed E-state index contributed by atoms with van der Waals surface area (Å²) in [5.74, 6) is 0.0266. The van der Waals surface area contributed by atoms with Gasteiger partial charge in [-0.2, -0.15) is 0 Å². The van der Waals surface area contributed by atoms with E-state index in [0.29, 0.717) is 6.54 Å². The number of carbonyl (C=O) groups is 2. The highest BCUT2D eigenvalue weighted by atomic mass is 16.6. The standard InChI is InChI=1S/C34H37N3O3/c1-23-6-9-26(10-7-23)27-12-11-25-4-3-5-28(22-29(25)21-27)32(38)35-16-19-37-17-14-34(15-18-37)30-20-24(2)8-13-31(30)36-33(39)40-34/h6-13,20-22H,3-5,14-19H2,1-2H3,(H,35,38)(H,36,39). The molecule has 3 aliphatic rings. The zero-order valence-electron chi connectivity index (χ0n) is 23.4. The van der Waals surface area contributed by atoms with Crippen LogP contribution in [0.25, 0.3) is 17.2 Å². The summed E-state index contributed by atoms with van der Waals surface area (Å²) in [5.41, 5.74) is 9.44. The molecule has 6 nitrogen and oxygen atoms in total. The zero-order chi connectivity index (χ0) is 27.7.